The van der Waals surface area contributed by atoms with Gasteiger partial charge in [0.25, 0.3) is 0 Å². The van der Waals surface area contributed by atoms with Crippen LogP contribution in [0.15, 0.2) is 41.1 Å². The van der Waals surface area contributed by atoms with E-state index in [-0.39, 0.29) is 6.10 Å². The van der Waals surface area contributed by atoms with Crippen LogP contribution in [0.2, 0.25) is 0 Å². The van der Waals surface area contributed by atoms with Gasteiger partial charge in [-0.25, -0.2) is 4.98 Å². The quantitative estimate of drug-likeness (QED) is 0.742. The number of hydrogen-bond acceptors (Lipinski definition) is 5. The molecule has 0 bridgehead atoms. The SMILES string of the molecule is CC1CNc2cc(-c3nc(-c4cccs4)cs3)ccc2O1. The molecular formula is C16H14N2OS2. The summed E-state index contributed by atoms with van der Waals surface area (Å²) in [6.45, 7) is 2.91. The van der Waals surface area contributed by atoms with Crippen LogP contribution in [-0.4, -0.2) is 17.6 Å². The van der Waals surface area contributed by atoms with Crippen LogP contribution in [0.4, 0.5) is 5.69 Å². The third kappa shape index (κ3) is 2.43. The van der Waals surface area contributed by atoms with Gasteiger partial charge in [0.1, 0.15) is 16.9 Å². The third-order valence-corrected chi connectivity index (χ3v) is 5.20. The van der Waals surface area contributed by atoms with Gasteiger partial charge in [-0.3, -0.25) is 0 Å². The topological polar surface area (TPSA) is 34.2 Å². The smallest absolute Gasteiger partial charge is 0.142 e. The molecule has 0 amide bonds. The third-order valence-electron chi connectivity index (χ3n) is 3.41. The number of thiophene rings is 1. The molecule has 0 radical (unpaired) electrons. The molecule has 106 valence electrons. The Morgan fingerprint density at radius 1 is 1.29 bits per heavy atom. The predicted octanol–water partition coefficient (Wildman–Crippen LogP) is 4.73. The van der Waals surface area contributed by atoms with Gasteiger partial charge in [-0.15, -0.1) is 22.7 Å². The molecule has 1 N–H and O–H groups in total. The van der Waals surface area contributed by atoms with E-state index < -0.39 is 0 Å². The lowest BCUT2D eigenvalue weighted by molar-refractivity contribution is 0.226. The van der Waals surface area contributed by atoms with E-state index in [9.17, 15) is 0 Å². The highest BCUT2D eigenvalue weighted by atomic mass is 32.1. The first-order valence-corrected chi connectivity index (χ1v) is 8.60. The minimum atomic E-state index is 0.216. The van der Waals surface area contributed by atoms with Crippen molar-refractivity contribution >= 4 is 28.4 Å². The fourth-order valence-electron chi connectivity index (χ4n) is 2.36. The predicted molar refractivity (Wildman–Crippen MR) is 89.4 cm³/mol. The standard InChI is InChI=1S/C16H14N2OS2/c1-10-8-17-12-7-11(4-5-14(12)19-10)16-18-13(9-21-16)15-3-2-6-20-15/h2-7,9-10,17H,8H2,1H3. The van der Waals surface area contributed by atoms with Crippen molar-refractivity contribution in [3.63, 3.8) is 0 Å². The second kappa shape index (κ2) is 5.16. The van der Waals surface area contributed by atoms with Crippen molar-refractivity contribution in [1.29, 1.82) is 0 Å². The number of benzene rings is 1. The maximum Gasteiger partial charge on any atom is 0.142 e. The van der Waals surface area contributed by atoms with E-state index in [1.807, 2.05) is 6.07 Å². The molecule has 3 heterocycles. The first kappa shape index (κ1) is 12.9. The fourth-order valence-corrected chi connectivity index (χ4v) is 3.94. The van der Waals surface area contributed by atoms with Crippen molar-refractivity contribution in [2.45, 2.75) is 13.0 Å². The van der Waals surface area contributed by atoms with Crippen LogP contribution in [0.1, 0.15) is 6.92 Å². The maximum atomic E-state index is 5.81. The Morgan fingerprint density at radius 3 is 3.10 bits per heavy atom. The molecule has 0 fully saturated rings. The number of thiazole rings is 1. The van der Waals surface area contributed by atoms with Crippen LogP contribution in [0.25, 0.3) is 21.1 Å². The van der Waals surface area contributed by atoms with Crippen LogP contribution in [0.5, 0.6) is 5.75 Å². The number of ether oxygens (including phenoxy) is 1. The molecule has 4 rings (SSSR count). The summed E-state index contributed by atoms with van der Waals surface area (Å²) in [5, 5.41) is 8.65. The van der Waals surface area contributed by atoms with E-state index in [2.05, 4.69) is 47.3 Å². The van der Waals surface area contributed by atoms with Gasteiger partial charge >= 0.3 is 0 Å². The van der Waals surface area contributed by atoms with E-state index in [0.717, 1.165) is 34.2 Å². The molecule has 5 heteroatoms. The number of aromatic nitrogens is 1. The van der Waals surface area contributed by atoms with Crippen LogP contribution in [0.3, 0.4) is 0 Å². The average molecular weight is 314 g/mol. The molecule has 0 spiro atoms. The Morgan fingerprint density at radius 2 is 2.24 bits per heavy atom. The summed E-state index contributed by atoms with van der Waals surface area (Å²) in [6.07, 6.45) is 0.216. The monoisotopic (exact) mass is 314 g/mol. The molecule has 0 saturated heterocycles. The lowest BCUT2D eigenvalue weighted by atomic mass is 10.1. The molecule has 0 aliphatic carbocycles. The Balaban J connectivity index is 1.68. The number of nitrogens with one attached hydrogen (secondary N) is 1. The molecule has 1 aliphatic heterocycles. The number of nitrogens with zero attached hydrogens (tertiary/aromatic N) is 1. The zero-order valence-corrected chi connectivity index (χ0v) is 13.1. The minimum Gasteiger partial charge on any atom is -0.487 e. The second-order valence-corrected chi connectivity index (χ2v) is 6.84. The molecule has 1 aromatic carbocycles. The fraction of sp³-hybridized carbons (Fsp3) is 0.188. The molecule has 0 saturated carbocycles. The van der Waals surface area contributed by atoms with Crippen molar-refractivity contribution in [1.82, 2.24) is 4.98 Å². The summed E-state index contributed by atoms with van der Waals surface area (Å²) in [4.78, 5) is 5.96. The number of hydrogen-bond donors (Lipinski definition) is 1. The molecule has 21 heavy (non-hydrogen) atoms. The Labute approximate surface area is 131 Å². The molecule has 2 aromatic heterocycles. The van der Waals surface area contributed by atoms with Crippen molar-refractivity contribution in [3.8, 4) is 26.9 Å². The van der Waals surface area contributed by atoms with Crippen LogP contribution in [-0.2, 0) is 0 Å². The van der Waals surface area contributed by atoms with Gasteiger partial charge in [0.2, 0.25) is 0 Å². The molecule has 1 atom stereocenters. The van der Waals surface area contributed by atoms with Crippen molar-refractivity contribution < 1.29 is 4.74 Å². The maximum absolute atomic E-state index is 5.81. The van der Waals surface area contributed by atoms with Gasteiger partial charge in [-0.1, -0.05) is 6.07 Å². The summed E-state index contributed by atoms with van der Waals surface area (Å²) in [7, 11) is 0. The lowest BCUT2D eigenvalue weighted by Gasteiger charge is -2.25. The first-order valence-electron chi connectivity index (χ1n) is 6.84. The van der Waals surface area contributed by atoms with Gasteiger partial charge in [0, 0.05) is 10.9 Å². The van der Waals surface area contributed by atoms with E-state index in [0.29, 0.717) is 0 Å². The van der Waals surface area contributed by atoms with Gasteiger partial charge in [0.05, 0.1) is 22.8 Å². The molecular weight excluding hydrogens is 300 g/mol. The summed E-state index contributed by atoms with van der Waals surface area (Å²) < 4.78 is 5.81. The Bertz CT molecular complexity index is 764. The van der Waals surface area contributed by atoms with Crippen LogP contribution in [0, 0.1) is 0 Å². The van der Waals surface area contributed by atoms with Gasteiger partial charge in [0.15, 0.2) is 0 Å². The molecule has 3 nitrogen and oxygen atoms in total. The normalized spacial score (nSPS) is 16.9. The lowest BCUT2D eigenvalue weighted by Crippen LogP contribution is -2.27. The molecule has 1 aliphatic rings. The van der Waals surface area contributed by atoms with Crippen molar-refractivity contribution in [2.24, 2.45) is 0 Å². The van der Waals surface area contributed by atoms with E-state index in [4.69, 9.17) is 9.72 Å². The highest BCUT2D eigenvalue weighted by Crippen LogP contribution is 2.36. The van der Waals surface area contributed by atoms with E-state index in [1.54, 1.807) is 22.7 Å². The van der Waals surface area contributed by atoms with Crippen LogP contribution < -0.4 is 10.1 Å². The number of anilines is 1. The number of fused-ring (bicyclic) bond motifs is 1. The summed E-state index contributed by atoms with van der Waals surface area (Å²) in [5.74, 6) is 0.924. The Kier molecular flexibility index (Phi) is 3.16. The largest absolute Gasteiger partial charge is 0.487 e. The van der Waals surface area contributed by atoms with Crippen molar-refractivity contribution in [3.05, 3.63) is 41.1 Å². The summed E-state index contributed by atoms with van der Waals surface area (Å²) in [5.41, 5.74) is 3.24. The van der Waals surface area contributed by atoms with Gasteiger partial charge < -0.3 is 10.1 Å². The Hall–Kier alpha value is -1.85. The van der Waals surface area contributed by atoms with Crippen molar-refractivity contribution in [2.75, 3.05) is 11.9 Å². The zero-order chi connectivity index (χ0) is 14.2. The van der Waals surface area contributed by atoms with E-state index >= 15 is 0 Å². The van der Waals surface area contributed by atoms with Gasteiger partial charge in [-0.05, 0) is 36.6 Å². The minimum absolute atomic E-state index is 0.216. The summed E-state index contributed by atoms with van der Waals surface area (Å²) >= 11 is 3.40. The highest BCUT2D eigenvalue weighted by Gasteiger charge is 2.16. The molecule has 1 unspecified atom stereocenters. The first-order chi connectivity index (χ1) is 10.3. The highest BCUT2D eigenvalue weighted by molar-refractivity contribution is 7.15. The second-order valence-electron chi connectivity index (χ2n) is 5.04. The van der Waals surface area contributed by atoms with Gasteiger partial charge in [-0.2, -0.15) is 0 Å². The van der Waals surface area contributed by atoms with E-state index in [1.165, 1.54) is 4.88 Å². The van der Waals surface area contributed by atoms with Crippen LogP contribution >= 0.6 is 22.7 Å². The number of rotatable bonds is 2. The zero-order valence-electron chi connectivity index (χ0n) is 11.5. The average Bonchev–Trinajstić information content (AvgIpc) is 3.17. The summed E-state index contributed by atoms with van der Waals surface area (Å²) in [6, 6.07) is 10.4. The molecule has 3 aromatic rings.